The number of rotatable bonds is 5. The van der Waals surface area contributed by atoms with Crippen LogP contribution < -0.4 is 5.32 Å². The van der Waals surface area contributed by atoms with Crippen molar-refractivity contribution in [3.05, 3.63) is 35.6 Å². The first-order valence-electron chi connectivity index (χ1n) is 9.97. The van der Waals surface area contributed by atoms with Crippen LogP contribution in [-0.2, 0) is 19.9 Å². The Bertz CT molecular complexity index is 656. The third-order valence-electron chi connectivity index (χ3n) is 5.71. The van der Waals surface area contributed by atoms with Crippen LogP contribution in [0.4, 0.5) is 4.39 Å². The summed E-state index contributed by atoms with van der Waals surface area (Å²) >= 11 is 0. The van der Waals surface area contributed by atoms with Gasteiger partial charge in [-0.3, -0.25) is 9.59 Å². The second kappa shape index (κ2) is 8.83. The predicted octanol–water partition coefficient (Wildman–Crippen LogP) is 2.99. The second-order valence-corrected chi connectivity index (χ2v) is 7.62. The Labute approximate surface area is 160 Å². The first-order chi connectivity index (χ1) is 13.0. The van der Waals surface area contributed by atoms with E-state index in [2.05, 4.69) is 5.32 Å². The SMILES string of the molecule is CCCC(=O)N1CCCC(C(=O)NC2(c3ccc(F)cc3)CCOCC2)C1. The van der Waals surface area contributed by atoms with E-state index in [0.717, 1.165) is 31.4 Å². The highest BCUT2D eigenvalue weighted by molar-refractivity contribution is 5.82. The fourth-order valence-corrected chi connectivity index (χ4v) is 4.10. The van der Waals surface area contributed by atoms with Crippen molar-refractivity contribution in [3.63, 3.8) is 0 Å². The summed E-state index contributed by atoms with van der Waals surface area (Å²) in [7, 11) is 0. The van der Waals surface area contributed by atoms with Crippen LogP contribution in [0.3, 0.4) is 0 Å². The van der Waals surface area contributed by atoms with Crippen LogP contribution in [0.25, 0.3) is 0 Å². The van der Waals surface area contributed by atoms with Crippen molar-refractivity contribution in [2.24, 2.45) is 5.92 Å². The van der Waals surface area contributed by atoms with Crippen LogP contribution in [0.1, 0.15) is 51.0 Å². The fraction of sp³-hybridized carbons (Fsp3) is 0.619. The van der Waals surface area contributed by atoms with E-state index in [0.29, 0.717) is 39.0 Å². The van der Waals surface area contributed by atoms with E-state index in [1.165, 1.54) is 12.1 Å². The maximum absolute atomic E-state index is 13.4. The van der Waals surface area contributed by atoms with Crippen LogP contribution in [-0.4, -0.2) is 43.0 Å². The number of nitrogens with one attached hydrogen (secondary N) is 1. The molecule has 27 heavy (non-hydrogen) atoms. The van der Waals surface area contributed by atoms with Gasteiger partial charge in [-0.2, -0.15) is 0 Å². The molecule has 2 amide bonds. The van der Waals surface area contributed by atoms with Crippen LogP contribution in [0, 0.1) is 11.7 Å². The van der Waals surface area contributed by atoms with E-state index in [1.54, 1.807) is 12.1 Å². The van der Waals surface area contributed by atoms with Crippen molar-refractivity contribution in [3.8, 4) is 0 Å². The zero-order chi connectivity index (χ0) is 19.3. The second-order valence-electron chi connectivity index (χ2n) is 7.62. The highest BCUT2D eigenvalue weighted by atomic mass is 19.1. The Hall–Kier alpha value is -1.95. The smallest absolute Gasteiger partial charge is 0.225 e. The number of piperidine rings is 1. The predicted molar refractivity (Wildman–Crippen MR) is 100 cm³/mol. The molecule has 1 aromatic rings. The largest absolute Gasteiger partial charge is 0.381 e. The van der Waals surface area contributed by atoms with E-state index in [1.807, 2.05) is 11.8 Å². The van der Waals surface area contributed by atoms with Gasteiger partial charge in [0.1, 0.15) is 5.82 Å². The fourth-order valence-electron chi connectivity index (χ4n) is 4.10. The van der Waals surface area contributed by atoms with Crippen LogP contribution in [0.5, 0.6) is 0 Å². The number of likely N-dealkylation sites (tertiary alicyclic amines) is 1. The molecule has 0 bridgehead atoms. The monoisotopic (exact) mass is 376 g/mol. The lowest BCUT2D eigenvalue weighted by molar-refractivity contribution is -0.136. The van der Waals surface area contributed by atoms with Gasteiger partial charge < -0.3 is 15.0 Å². The third kappa shape index (κ3) is 4.67. The first kappa shape index (κ1) is 19.8. The molecule has 3 rings (SSSR count). The summed E-state index contributed by atoms with van der Waals surface area (Å²) in [5.74, 6) is -0.367. The molecule has 2 aliphatic rings. The van der Waals surface area contributed by atoms with Crippen molar-refractivity contribution in [1.82, 2.24) is 10.2 Å². The Balaban J connectivity index is 1.72. The highest BCUT2D eigenvalue weighted by Gasteiger charge is 2.38. The first-order valence-corrected chi connectivity index (χ1v) is 9.97. The summed E-state index contributed by atoms with van der Waals surface area (Å²) in [5, 5.41) is 3.25. The Morgan fingerprint density at radius 3 is 2.63 bits per heavy atom. The molecule has 1 atom stereocenters. The molecule has 2 fully saturated rings. The summed E-state index contributed by atoms with van der Waals surface area (Å²) in [6.07, 6.45) is 4.31. The normalized spacial score (nSPS) is 22.3. The number of ether oxygens (including phenoxy) is 1. The molecular weight excluding hydrogens is 347 g/mol. The number of nitrogens with zero attached hydrogens (tertiary/aromatic N) is 1. The molecule has 0 radical (unpaired) electrons. The number of carbonyl (C=O) groups is 2. The van der Waals surface area contributed by atoms with Gasteiger partial charge in [0.2, 0.25) is 11.8 Å². The molecule has 1 N–H and O–H groups in total. The molecule has 0 spiro atoms. The van der Waals surface area contributed by atoms with Crippen molar-refractivity contribution < 1.29 is 18.7 Å². The molecular formula is C21H29FN2O3. The molecule has 2 heterocycles. The quantitative estimate of drug-likeness (QED) is 0.859. The van der Waals surface area contributed by atoms with E-state index in [9.17, 15) is 14.0 Å². The lowest BCUT2D eigenvalue weighted by atomic mass is 9.81. The number of halogens is 1. The average Bonchev–Trinajstić information content (AvgIpc) is 2.69. The standard InChI is InChI=1S/C21H29FN2O3/c1-2-4-19(25)24-12-3-5-16(15-24)20(26)23-21(10-13-27-14-11-21)17-6-8-18(22)9-7-17/h6-9,16H,2-5,10-15H2,1H3,(H,23,26). The summed E-state index contributed by atoms with van der Waals surface area (Å²) in [6.45, 7) is 4.33. The van der Waals surface area contributed by atoms with E-state index >= 15 is 0 Å². The molecule has 2 saturated heterocycles. The maximum atomic E-state index is 13.4. The maximum Gasteiger partial charge on any atom is 0.225 e. The van der Waals surface area contributed by atoms with Gasteiger partial charge in [0.25, 0.3) is 0 Å². The number of hydrogen-bond donors (Lipinski definition) is 1. The minimum atomic E-state index is -0.529. The van der Waals surface area contributed by atoms with E-state index < -0.39 is 5.54 Å². The molecule has 0 aromatic heterocycles. The Kier molecular flexibility index (Phi) is 6.47. The van der Waals surface area contributed by atoms with Crippen molar-refractivity contribution in [2.45, 2.75) is 51.0 Å². The number of hydrogen-bond acceptors (Lipinski definition) is 3. The lowest BCUT2D eigenvalue weighted by Gasteiger charge is -2.40. The van der Waals surface area contributed by atoms with Crippen molar-refractivity contribution in [2.75, 3.05) is 26.3 Å². The van der Waals surface area contributed by atoms with E-state index in [-0.39, 0.29) is 23.5 Å². The van der Waals surface area contributed by atoms with Crippen LogP contribution >= 0.6 is 0 Å². The molecule has 148 valence electrons. The van der Waals surface area contributed by atoms with Gasteiger partial charge in [0, 0.05) is 32.7 Å². The topological polar surface area (TPSA) is 58.6 Å². The third-order valence-corrected chi connectivity index (χ3v) is 5.71. The average molecular weight is 376 g/mol. The van der Waals surface area contributed by atoms with Crippen LogP contribution in [0.15, 0.2) is 24.3 Å². The van der Waals surface area contributed by atoms with Crippen molar-refractivity contribution >= 4 is 11.8 Å². The number of benzene rings is 1. The number of amides is 2. The van der Waals surface area contributed by atoms with Crippen LogP contribution in [0.2, 0.25) is 0 Å². The minimum absolute atomic E-state index is 0.0183. The van der Waals surface area contributed by atoms with Gasteiger partial charge in [-0.05, 0) is 49.8 Å². The van der Waals surface area contributed by atoms with Gasteiger partial charge in [-0.1, -0.05) is 19.1 Å². The Morgan fingerprint density at radius 2 is 1.96 bits per heavy atom. The van der Waals surface area contributed by atoms with Gasteiger partial charge in [0.15, 0.2) is 0 Å². The molecule has 1 aromatic carbocycles. The molecule has 0 aliphatic carbocycles. The summed E-state index contributed by atoms with van der Waals surface area (Å²) < 4.78 is 18.9. The summed E-state index contributed by atoms with van der Waals surface area (Å²) in [5.41, 5.74) is 0.383. The van der Waals surface area contributed by atoms with Crippen molar-refractivity contribution in [1.29, 1.82) is 0 Å². The zero-order valence-electron chi connectivity index (χ0n) is 16.0. The molecule has 0 saturated carbocycles. The number of carbonyl (C=O) groups excluding carboxylic acids is 2. The summed E-state index contributed by atoms with van der Waals surface area (Å²) in [6, 6.07) is 6.37. The minimum Gasteiger partial charge on any atom is -0.381 e. The molecule has 2 aliphatic heterocycles. The van der Waals surface area contributed by atoms with E-state index in [4.69, 9.17) is 4.74 Å². The zero-order valence-corrected chi connectivity index (χ0v) is 16.0. The molecule has 1 unspecified atom stereocenters. The van der Waals surface area contributed by atoms with Gasteiger partial charge in [-0.15, -0.1) is 0 Å². The van der Waals surface area contributed by atoms with Gasteiger partial charge in [0.05, 0.1) is 11.5 Å². The van der Waals surface area contributed by atoms with Gasteiger partial charge >= 0.3 is 0 Å². The van der Waals surface area contributed by atoms with Gasteiger partial charge in [-0.25, -0.2) is 4.39 Å². The lowest BCUT2D eigenvalue weighted by Crippen LogP contribution is -2.53. The Morgan fingerprint density at radius 1 is 1.26 bits per heavy atom. The molecule has 5 nitrogen and oxygen atoms in total. The highest BCUT2D eigenvalue weighted by Crippen LogP contribution is 2.33. The molecule has 6 heteroatoms. The summed E-state index contributed by atoms with van der Waals surface area (Å²) in [4.78, 5) is 27.1.